The van der Waals surface area contributed by atoms with Crippen LogP contribution in [0, 0.1) is 6.92 Å². The molecule has 0 aromatic heterocycles. The molecule has 0 spiro atoms. The Morgan fingerprint density at radius 3 is 2.19 bits per heavy atom. The second-order valence-electron chi connectivity index (χ2n) is 7.10. The molecule has 146 valence electrons. The molecule has 2 atom stereocenters. The molecule has 0 bridgehead atoms. The normalized spacial score (nSPS) is 14.5. The third-order valence-corrected chi connectivity index (χ3v) is 4.51. The predicted molar refractivity (Wildman–Crippen MR) is 96.0 cm³/mol. The molecule has 1 N–H and O–H groups in total. The zero-order chi connectivity index (χ0) is 20.3. The van der Waals surface area contributed by atoms with Gasteiger partial charge in [0.1, 0.15) is 5.60 Å². The Morgan fingerprint density at radius 1 is 1.15 bits per heavy atom. The quantitative estimate of drug-likeness (QED) is 0.762. The number of alkyl halides is 3. The van der Waals surface area contributed by atoms with Crippen molar-refractivity contribution >= 4 is 23.0 Å². The standard InChI is InChI=1S/C18H24F3NO3S/c1-10-7-13(9-14(8-10)18(19,20)21)15(26-12(3)23)11(2)22-16(24)25-17(4,5)6/h7-9,11,15H,1-6H3,(H,22,24)/t11-,15+/m0/s1. The van der Waals surface area contributed by atoms with Gasteiger partial charge < -0.3 is 10.1 Å². The fourth-order valence-corrected chi connectivity index (χ4v) is 3.25. The Labute approximate surface area is 155 Å². The Morgan fingerprint density at radius 2 is 1.73 bits per heavy atom. The number of alkyl carbamates (subject to hydrolysis) is 1. The van der Waals surface area contributed by atoms with E-state index in [9.17, 15) is 22.8 Å². The van der Waals surface area contributed by atoms with Crippen molar-refractivity contribution in [1.29, 1.82) is 0 Å². The van der Waals surface area contributed by atoms with Crippen molar-refractivity contribution in [3.63, 3.8) is 0 Å². The van der Waals surface area contributed by atoms with Crippen LogP contribution in [0.4, 0.5) is 18.0 Å². The van der Waals surface area contributed by atoms with Crippen LogP contribution in [-0.4, -0.2) is 22.9 Å². The molecule has 26 heavy (non-hydrogen) atoms. The average Bonchev–Trinajstić information content (AvgIpc) is 2.40. The third-order valence-electron chi connectivity index (χ3n) is 3.25. The second-order valence-corrected chi connectivity index (χ2v) is 8.41. The topological polar surface area (TPSA) is 55.4 Å². The predicted octanol–water partition coefficient (Wildman–Crippen LogP) is 5.25. The number of hydrogen-bond acceptors (Lipinski definition) is 4. The molecule has 0 heterocycles. The molecule has 1 aromatic carbocycles. The van der Waals surface area contributed by atoms with Crippen LogP contribution in [0.5, 0.6) is 0 Å². The molecule has 4 nitrogen and oxygen atoms in total. The van der Waals surface area contributed by atoms with Gasteiger partial charge in [-0.3, -0.25) is 4.79 Å². The molecule has 1 aromatic rings. The van der Waals surface area contributed by atoms with Crippen molar-refractivity contribution in [1.82, 2.24) is 5.32 Å². The Kier molecular flexibility index (Phi) is 7.16. The number of halogens is 3. The number of ether oxygens (including phenoxy) is 1. The zero-order valence-corrected chi connectivity index (χ0v) is 16.5. The lowest BCUT2D eigenvalue weighted by Gasteiger charge is -2.27. The highest BCUT2D eigenvalue weighted by molar-refractivity contribution is 8.13. The summed E-state index contributed by atoms with van der Waals surface area (Å²) in [5, 5.41) is 1.66. The van der Waals surface area contributed by atoms with E-state index in [1.165, 1.54) is 6.92 Å². The third kappa shape index (κ3) is 7.27. The summed E-state index contributed by atoms with van der Waals surface area (Å²) >= 11 is 0.872. The molecule has 0 aliphatic carbocycles. The van der Waals surface area contributed by atoms with E-state index in [2.05, 4.69) is 5.32 Å². The van der Waals surface area contributed by atoms with E-state index in [4.69, 9.17) is 4.74 Å². The number of rotatable bonds is 4. The highest BCUT2D eigenvalue weighted by atomic mass is 32.2. The van der Waals surface area contributed by atoms with Gasteiger partial charge >= 0.3 is 12.3 Å². The van der Waals surface area contributed by atoms with Crippen molar-refractivity contribution in [2.75, 3.05) is 0 Å². The van der Waals surface area contributed by atoms with Crippen molar-refractivity contribution in [2.24, 2.45) is 0 Å². The van der Waals surface area contributed by atoms with Crippen LogP contribution in [0.1, 0.15) is 56.6 Å². The highest BCUT2D eigenvalue weighted by Gasteiger charge is 2.33. The van der Waals surface area contributed by atoms with Crippen LogP contribution in [0.2, 0.25) is 0 Å². The molecule has 8 heteroatoms. The summed E-state index contributed by atoms with van der Waals surface area (Å²) in [4.78, 5) is 23.6. The summed E-state index contributed by atoms with van der Waals surface area (Å²) in [6.07, 6.45) is -5.18. The van der Waals surface area contributed by atoms with E-state index in [0.717, 1.165) is 23.9 Å². The highest BCUT2D eigenvalue weighted by Crippen LogP contribution is 2.37. The molecule has 0 saturated heterocycles. The number of carbonyl (C=O) groups excluding carboxylic acids is 2. The fourth-order valence-electron chi connectivity index (χ4n) is 2.35. The Balaban J connectivity index is 3.16. The van der Waals surface area contributed by atoms with Gasteiger partial charge in [-0.05, 0) is 52.3 Å². The first-order chi connectivity index (χ1) is 11.7. The van der Waals surface area contributed by atoms with E-state index in [-0.39, 0.29) is 5.12 Å². The van der Waals surface area contributed by atoms with Gasteiger partial charge in [0.15, 0.2) is 5.12 Å². The van der Waals surface area contributed by atoms with Gasteiger partial charge in [0, 0.05) is 13.0 Å². The summed E-state index contributed by atoms with van der Waals surface area (Å²) in [5.41, 5.74) is -0.750. The Hall–Kier alpha value is -1.70. The lowest BCUT2D eigenvalue weighted by molar-refractivity contribution is -0.137. The van der Waals surface area contributed by atoms with E-state index in [1.54, 1.807) is 40.7 Å². The molecule has 1 rings (SSSR count). The fraction of sp³-hybridized carbons (Fsp3) is 0.556. The largest absolute Gasteiger partial charge is 0.444 e. The Bertz CT molecular complexity index is 669. The van der Waals surface area contributed by atoms with Crippen LogP contribution in [0.25, 0.3) is 0 Å². The van der Waals surface area contributed by atoms with Gasteiger partial charge in [-0.25, -0.2) is 4.79 Å². The second kappa shape index (κ2) is 8.33. The van der Waals surface area contributed by atoms with E-state index < -0.39 is 34.7 Å². The smallest absolute Gasteiger partial charge is 0.416 e. The summed E-state index contributed by atoms with van der Waals surface area (Å²) < 4.78 is 44.5. The minimum Gasteiger partial charge on any atom is -0.444 e. The SMILES string of the molecule is CC(=O)S[C@@H](c1cc(C)cc(C(F)(F)F)c1)[C@H](C)NC(=O)OC(C)(C)C. The number of benzene rings is 1. The molecule has 0 saturated carbocycles. The van der Waals surface area contributed by atoms with Crippen LogP contribution in [0.15, 0.2) is 18.2 Å². The number of carbonyl (C=O) groups is 2. The first-order valence-electron chi connectivity index (χ1n) is 8.04. The molecule has 0 aliphatic rings. The van der Waals surface area contributed by atoms with Crippen LogP contribution in [-0.2, 0) is 15.7 Å². The van der Waals surface area contributed by atoms with Gasteiger partial charge in [0.05, 0.1) is 10.8 Å². The van der Waals surface area contributed by atoms with Crippen molar-refractivity contribution in [3.8, 4) is 0 Å². The van der Waals surface area contributed by atoms with Gasteiger partial charge in [-0.15, -0.1) is 0 Å². The maximum atomic E-state index is 13.1. The lowest BCUT2D eigenvalue weighted by atomic mass is 10.0. The van der Waals surface area contributed by atoms with Crippen LogP contribution < -0.4 is 5.32 Å². The molecule has 0 aliphatic heterocycles. The molecular formula is C18H24F3NO3S. The molecule has 1 amide bonds. The van der Waals surface area contributed by atoms with Crippen molar-refractivity contribution in [2.45, 2.75) is 64.6 Å². The molecular weight excluding hydrogens is 367 g/mol. The van der Waals surface area contributed by atoms with Crippen molar-refractivity contribution < 1.29 is 27.5 Å². The molecule has 0 unspecified atom stereocenters. The number of nitrogens with one attached hydrogen (secondary N) is 1. The van der Waals surface area contributed by atoms with Gasteiger partial charge in [-0.2, -0.15) is 13.2 Å². The van der Waals surface area contributed by atoms with E-state index >= 15 is 0 Å². The maximum absolute atomic E-state index is 13.1. The average molecular weight is 391 g/mol. The van der Waals surface area contributed by atoms with Gasteiger partial charge in [-0.1, -0.05) is 23.4 Å². The van der Waals surface area contributed by atoms with Gasteiger partial charge in [0.25, 0.3) is 0 Å². The lowest BCUT2D eigenvalue weighted by Crippen LogP contribution is -2.40. The zero-order valence-electron chi connectivity index (χ0n) is 15.7. The number of aryl methyl sites for hydroxylation is 1. The van der Waals surface area contributed by atoms with E-state index in [0.29, 0.717) is 11.1 Å². The summed E-state index contributed by atoms with van der Waals surface area (Å²) in [7, 11) is 0. The number of thioether (sulfide) groups is 1. The number of amides is 1. The first-order valence-corrected chi connectivity index (χ1v) is 8.92. The van der Waals surface area contributed by atoms with Crippen LogP contribution >= 0.6 is 11.8 Å². The maximum Gasteiger partial charge on any atom is 0.416 e. The van der Waals surface area contributed by atoms with Gasteiger partial charge in [0.2, 0.25) is 0 Å². The molecule has 0 fully saturated rings. The summed E-state index contributed by atoms with van der Waals surface area (Å²) in [6, 6.07) is 3.02. The minimum absolute atomic E-state index is 0.261. The monoisotopic (exact) mass is 391 g/mol. The van der Waals surface area contributed by atoms with Crippen LogP contribution in [0.3, 0.4) is 0 Å². The summed E-state index contributed by atoms with van der Waals surface area (Å²) in [6.45, 7) is 9.62. The molecule has 0 radical (unpaired) electrons. The summed E-state index contributed by atoms with van der Waals surface area (Å²) in [5.74, 6) is 0. The number of hydrogen-bond donors (Lipinski definition) is 1. The first kappa shape index (κ1) is 22.3. The van der Waals surface area contributed by atoms with E-state index in [1.807, 2.05) is 0 Å². The van der Waals surface area contributed by atoms with Crippen molar-refractivity contribution in [3.05, 3.63) is 34.9 Å². The minimum atomic E-state index is -4.49.